The van der Waals surface area contributed by atoms with Crippen molar-refractivity contribution in [3.63, 3.8) is 0 Å². The molecular formula is C12H18N2O2S2. The summed E-state index contributed by atoms with van der Waals surface area (Å²) in [6, 6.07) is 0.469. The molecule has 1 aliphatic carbocycles. The highest BCUT2D eigenvalue weighted by atomic mass is 32.2. The van der Waals surface area contributed by atoms with Gasteiger partial charge in [0.05, 0.1) is 12.8 Å². The Morgan fingerprint density at radius 2 is 2.33 bits per heavy atom. The Hall–Kier alpha value is -0.750. The molecule has 0 aromatic carbocycles. The molecule has 2 unspecified atom stereocenters. The summed E-state index contributed by atoms with van der Waals surface area (Å²) in [5.41, 5.74) is 0.744. The molecule has 2 rings (SSSR count). The first-order chi connectivity index (χ1) is 8.65. The summed E-state index contributed by atoms with van der Waals surface area (Å²) >= 11 is 3.29. The highest BCUT2D eigenvalue weighted by molar-refractivity contribution is 7.99. The number of ether oxygens (including phenoxy) is 1. The van der Waals surface area contributed by atoms with E-state index in [0.717, 1.165) is 10.8 Å². The van der Waals surface area contributed by atoms with Gasteiger partial charge in [-0.3, -0.25) is 0 Å². The van der Waals surface area contributed by atoms with Crippen LogP contribution in [0.25, 0.3) is 0 Å². The monoisotopic (exact) mass is 286 g/mol. The van der Waals surface area contributed by atoms with Crippen LogP contribution in [0.5, 0.6) is 0 Å². The molecule has 1 aromatic heterocycles. The van der Waals surface area contributed by atoms with Gasteiger partial charge < -0.3 is 10.1 Å². The minimum absolute atomic E-state index is 0.300. The molecule has 1 aliphatic rings. The number of rotatable bonds is 4. The predicted molar refractivity (Wildman–Crippen MR) is 76.8 cm³/mol. The Labute approximate surface area is 116 Å². The Balaban J connectivity index is 2.08. The number of thiazole rings is 1. The Morgan fingerprint density at radius 1 is 1.56 bits per heavy atom. The number of thioether (sulfide) groups is 1. The fourth-order valence-corrected chi connectivity index (χ4v) is 4.15. The molecule has 1 N–H and O–H groups in total. The average Bonchev–Trinajstić information content (AvgIpc) is 2.95. The number of esters is 1. The molecule has 0 spiro atoms. The lowest BCUT2D eigenvalue weighted by atomic mass is 10.2. The Bertz CT molecular complexity index is 434. The van der Waals surface area contributed by atoms with E-state index in [0.29, 0.717) is 16.2 Å². The van der Waals surface area contributed by atoms with E-state index in [1.807, 2.05) is 18.7 Å². The fourth-order valence-electron chi connectivity index (χ4n) is 2.27. The van der Waals surface area contributed by atoms with E-state index in [4.69, 9.17) is 4.74 Å². The van der Waals surface area contributed by atoms with Crippen LogP contribution in [0.2, 0.25) is 0 Å². The van der Waals surface area contributed by atoms with Crippen LogP contribution in [0, 0.1) is 6.92 Å². The second kappa shape index (κ2) is 5.93. The molecule has 1 heterocycles. The van der Waals surface area contributed by atoms with Gasteiger partial charge in [0.25, 0.3) is 0 Å². The third kappa shape index (κ3) is 2.80. The lowest BCUT2D eigenvalue weighted by Crippen LogP contribution is -2.25. The number of carbonyl (C=O) groups excluding carboxylic acids is 1. The maximum Gasteiger partial charge on any atom is 0.350 e. The van der Waals surface area contributed by atoms with Crippen molar-refractivity contribution < 1.29 is 9.53 Å². The van der Waals surface area contributed by atoms with Crippen LogP contribution in [0.4, 0.5) is 5.13 Å². The van der Waals surface area contributed by atoms with Gasteiger partial charge in [0.15, 0.2) is 5.13 Å². The second-order valence-corrected chi connectivity index (χ2v) is 6.46. The molecule has 1 saturated carbocycles. The summed E-state index contributed by atoms with van der Waals surface area (Å²) in [7, 11) is 1.40. The van der Waals surface area contributed by atoms with Gasteiger partial charge in [-0.1, -0.05) is 17.8 Å². The van der Waals surface area contributed by atoms with E-state index in [-0.39, 0.29) is 5.97 Å². The molecule has 0 radical (unpaired) electrons. The fraction of sp³-hybridized carbons (Fsp3) is 0.667. The highest BCUT2D eigenvalue weighted by Gasteiger charge is 2.27. The van der Waals surface area contributed by atoms with Crippen molar-refractivity contribution in [3.8, 4) is 0 Å². The molecule has 6 heteroatoms. The van der Waals surface area contributed by atoms with Gasteiger partial charge in [-0.15, -0.1) is 0 Å². The molecule has 0 saturated heterocycles. The summed E-state index contributed by atoms with van der Waals surface area (Å²) in [5.74, 6) is -0.300. The summed E-state index contributed by atoms with van der Waals surface area (Å²) in [4.78, 5) is 16.5. The zero-order valence-electron chi connectivity index (χ0n) is 10.9. The minimum atomic E-state index is -0.300. The highest BCUT2D eigenvalue weighted by Crippen LogP contribution is 2.32. The van der Waals surface area contributed by atoms with Gasteiger partial charge in [0.2, 0.25) is 0 Å². The van der Waals surface area contributed by atoms with Crippen LogP contribution < -0.4 is 5.32 Å². The molecule has 0 aliphatic heterocycles. The maximum absolute atomic E-state index is 11.5. The largest absolute Gasteiger partial charge is 0.465 e. The van der Waals surface area contributed by atoms with Crippen LogP contribution >= 0.6 is 23.1 Å². The first kappa shape index (κ1) is 13.7. The first-order valence-electron chi connectivity index (χ1n) is 6.00. The van der Waals surface area contributed by atoms with E-state index in [2.05, 4.69) is 16.6 Å². The normalized spacial score (nSPS) is 23.1. The van der Waals surface area contributed by atoms with Gasteiger partial charge in [-0.05, 0) is 26.0 Å². The van der Waals surface area contributed by atoms with Gasteiger partial charge in [0.1, 0.15) is 4.88 Å². The van der Waals surface area contributed by atoms with Crippen molar-refractivity contribution in [1.29, 1.82) is 0 Å². The molecule has 1 fully saturated rings. The number of hydrogen-bond donors (Lipinski definition) is 1. The third-order valence-electron chi connectivity index (χ3n) is 3.23. The average molecular weight is 286 g/mol. The van der Waals surface area contributed by atoms with Gasteiger partial charge in [-0.2, -0.15) is 11.8 Å². The molecule has 0 amide bonds. The van der Waals surface area contributed by atoms with E-state index < -0.39 is 0 Å². The number of nitrogens with zero attached hydrogens (tertiary/aromatic N) is 1. The molecule has 4 nitrogen and oxygen atoms in total. The molecule has 2 atom stereocenters. The van der Waals surface area contributed by atoms with E-state index in [9.17, 15) is 4.79 Å². The summed E-state index contributed by atoms with van der Waals surface area (Å²) in [5, 5.41) is 4.94. The first-order valence-corrected chi connectivity index (χ1v) is 8.11. The van der Waals surface area contributed by atoms with Crippen molar-refractivity contribution in [2.24, 2.45) is 0 Å². The van der Waals surface area contributed by atoms with Crippen LogP contribution in [-0.4, -0.2) is 35.6 Å². The Morgan fingerprint density at radius 3 is 3.00 bits per heavy atom. The topological polar surface area (TPSA) is 51.2 Å². The van der Waals surface area contributed by atoms with E-state index in [1.54, 1.807) is 0 Å². The molecule has 18 heavy (non-hydrogen) atoms. The number of carbonyl (C=O) groups is 1. The molecule has 0 bridgehead atoms. The lowest BCUT2D eigenvalue weighted by molar-refractivity contribution is 0.0605. The predicted octanol–water partition coefficient (Wildman–Crippen LogP) is 2.93. The molecular weight excluding hydrogens is 268 g/mol. The van der Waals surface area contributed by atoms with Crippen molar-refractivity contribution in [1.82, 2.24) is 4.98 Å². The number of methoxy groups -OCH3 is 1. The zero-order chi connectivity index (χ0) is 13.1. The number of aromatic nitrogens is 1. The van der Waals surface area contributed by atoms with Crippen molar-refractivity contribution in [2.75, 3.05) is 18.7 Å². The summed E-state index contributed by atoms with van der Waals surface area (Å²) < 4.78 is 4.74. The quantitative estimate of drug-likeness (QED) is 0.862. The van der Waals surface area contributed by atoms with Gasteiger partial charge in [-0.25, -0.2) is 9.78 Å². The van der Waals surface area contributed by atoms with E-state index >= 15 is 0 Å². The van der Waals surface area contributed by atoms with Crippen molar-refractivity contribution >= 4 is 34.2 Å². The maximum atomic E-state index is 11.5. The van der Waals surface area contributed by atoms with Crippen LogP contribution in [0.1, 0.15) is 34.6 Å². The number of anilines is 1. The third-order valence-corrected chi connectivity index (χ3v) is 5.47. The SMILES string of the molecule is COC(=O)c1sc(NC2CCCC2SC)nc1C. The van der Waals surface area contributed by atoms with Crippen LogP contribution in [-0.2, 0) is 4.74 Å². The van der Waals surface area contributed by atoms with Crippen LogP contribution in [0.3, 0.4) is 0 Å². The Kier molecular flexibility index (Phi) is 4.50. The van der Waals surface area contributed by atoms with Gasteiger partial charge >= 0.3 is 5.97 Å². The molecule has 1 aromatic rings. The van der Waals surface area contributed by atoms with Gasteiger partial charge in [0, 0.05) is 11.3 Å². The van der Waals surface area contributed by atoms with E-state index in [1.165, 1.54) is 37.7 Å². The second-order valence-electron chi connectivity index (χ2n) is 4.38. The van der Waals surface area contributed by atoms with Crippen molar-refractivity contribution in [2.45, 2.75) is 37.5 Å². The standard InChI is InChI=1S/C12H18N2O2S2/c1-7-10(11(15)16-2)18-12(13-7)14-8-5-4-6-9(8)17-3/h8-9H,4-6H2,1-3H3,(H,13,14). The number of hydrogen-bond acceptors (Lipinski definition) is 6. The zero-order valence-corrected chi connectivity index (χ0v) is 12.5. The number of aryl methyl sites for hydroxylation is 1. The van der Waals surface area contributed by atoms with Crippen LogP contribution in [0.15, 0.2) is 0 Å². The smallest absolute Gasteiger partial charge is 0.350 e. The minimum Gasteiger partial charge on any atom is -0.465 e. The van der Waals surface area contributed by atoms with Crippen molar-refractivity contribution in [3.05, 3.63) is 10.6 Å². The summed E-state index contributed by atoms with van der Waals surface area (Å²) in [6.45, 7) is 1.84. The lowest BCUT2D eigenvalue weighted by Gasteiger charge is -2.18. The molecule has 100 valence electrons. The number of nitrogens with one attached hydrogen (secondary N) is 1. The summed E-state index contributed by atoms with van der Waals surface area (Å²) in [6.07, 6.45) is 5.85.